The molecule has 2 aromatic rings. The van der Waals surface area contributed by atoms with Crippen LogP contribution in [-0.4, -0.2) is 28.0 Å². The molecule has 0 bridgehead atoms. The molecule has 150 valence electrons. The van der Waals surface area contributed by atoms with Crippen LogP contribution in [0.3, 0.4) is 0 Å². The number of amides is 1. The van der Waals surface area contributed by atoms with Gasteiger partial charge in [0.2, 0.25) is 5.88 Å². The molecule has 0 spiro atoms. The van der Waals surface area contributed by atoms with Gasteiger partial charge in [-0.15, -0.1) is 11.8 Å². The Morgan fingerprint density at radius 1 is 1.36 bits per heavy atom. The van der Waals surface area contributed by atoms with E-state index in [0.29, 0.717) is 5.75 Å². The summed E-state index contributed by atoms with van der Waals surface area (Å²) in [5, 5.41) is 12.9. The highest BCUT2D eigenvalue weighted by molar-refractivity contribution is 7.99. The number of aliphatic hydroxyl groups excluding tert-OH is 1. The standard InChI is InChI=1S/C21H25FN2O3S/c1-2-28-17-10-6-9-16(12-17)27-21-18(11-15(22)13-23-21)20(26)24-19(25)14-7-4-3-5-8-14/h6,9-14,19,25H,2-5,7-8H2,1H3,(H,24,26). The molecule has 1 fully saturated rings. The van der Waals surface area contributed by atoms with Gasteiger partial charge in [-0.3, -0.25) is 4.79 Å². The van der Waals surface area contributed by atoms with Crippen LogP contribution < -0.4 is 10.1 Å². The number of aliphatic hydroxyl groups is 1. The van der Waals surface area contributed by atoms with E-state index in [0.717, 1.165) is 55.0 Å². The molecule has 28 heavy (non-hydrogen) atoms. The number of hydrogen-bond acceptors (Lipinski definition) is 5. The molecular formula is C21H25FN2O3S. The first-order chi connectivity index (χ1) is 13.6. The van der Waals surface area contributed by atoms with Gasteiger partial charge >= 0.3 is 0 Å². The van der Waals surface area contributed by atoms with Gasteiger partial charge in [0.05, 0.1) is 6.20 Å². The maximum Gasteiger partial charge on any atom is 0.258 e. The molecule has 1 aromatic carbocycles. The summed E-state index contributed by atoms with van der Waals surface area (Å²) < 4.78 is 19.5. The fourth-order valence-corrected chi connectivity index (χ4v) is 4.06. The van der Waals surface area contributed by atoms with E-state index in [-0.39, 0.29) is 17.4 Å². The summed E-state index contributed by atoms with van der Waals surface area (Å²) in [6.07, 6.45) is 5.02. The minimum Gasteiger partial charge on any atom is -0.438 e. The van der Waals surface area contributed by atoms with Gasteiger partial charge in [0.25, 0.3) is 5.91 Å². The van der Waals surface area contributed by atoms with Gasteiger partial charge in [-0.25, -0.2) is 9.37 Å². The summed E-state index contributed by atoms with van der Waals surface area (Å²) in [6.45, 7) is 2.06. The molecule has 3 rings (SSSR count). The van der Waals surface area contributed by atoms with Crippen LogP contribution in [0.5, 0.6) is 11.6 Å². The van der Waals surface area contributed by atoms with E-state index in [1.807, 2.05) is 18.2 Å². The van der Waals surface area contributed by atoms with Gasteiger partial charge in [-0.1, -0.05) is 32.3 Å². The highest BCUT2D eigenvalue weighted by Gasteiger charge is 2.25. The highest BCUT2D eigenvalue weighted by atomic mass is 32.2. The number of carbonyl (C=O) groups is 1. The lowest BCUT2D eigenvalue weighted by atomic mass is 9.88. The predicted octanol–water partition coefficient (Wildman–Crippen LogP) is 4.75. The predicted molar refractivity (Wildman–Crippen MR) is 107 cm³/mol. The number of aromatic nitrogens is 1. The fraction of sp³-hybridized carbons (Fsp3) is 0.429. The molecule has 1 atom stereocenters. The van der Waals surface area contributed by atoms with Crippen LogP contribution in [0, 0.1) is 11.7 Å². The second kappa shape index (κ2) is 9.89. The zero-order valence-corrected chi connectivity index (χ0v) is 16.7. The number of hydrogen-bond donors (Lipinski definition) is 2. The molecular weight excluding hydrogens is 379 g/mol. The number of nitrogens with one attached hydrogen (secondary N) is 1. The van der Waals surface area contributed by atoms with Crippen LogP contribution in [-0.2, 0) is 0 Å². The van der Waals surface area contributed by atoms with Crippen LogP contribution in [0.1, 0.15) is 49.4 Å². The summed E-state index contributed by atoms with van der Waals surface area (Å²) in [7, 11) is 0. The average molecular weight is 405 g/mol. The van der Waals surface area contributed by atoms with E-state index < -0.39 is 18.0 Å². The van der Waals surface area contributed by atoms with E-state index in [1.165, 1.54) is 0 Å². The van der Waals surface area contributed by atoms with E-state index in [2.05, 4.69) is 17.2 Å². The SMILES string of the molecule is CCSc1cccc(Oc2ncc(F)cc2C(=O)NC(O)C2CCCCC2)c1. The summed E-state index contributed by atoms with van der Waals surface area (Å²) in [5.74, 6) is 0.226. The van der Waals surface area contributed by atoms with Gasteiger partial charge in [0, 0.05) is 10.8 Å². The van der Waals surface area contributed by atoms with Crippen molar-refractivity contribution in [1.82, 2.24) is 10.3 Å². The van der Waals surface area contributed by atoms with Gasteiger partial charge in [-0.2, -0.15) is 0 Å². The lowest BCUT2D eigenvalue weighted by Gasteiger charge is -2.27. The number of carbonyl (C=O) groups excluding carboxylic acids is 1. The van der Waals surface area contributed by atoms with Crippen LogP contribution in [0.15, 0.2) is 41.4 Å². The second-order valence-corrected chi connectivity index (χ2v) is 8.17. The molecule has 0 radical (unpaired) electrons. The first-order valence-corrected chi connectivity index (χ1v) is 10.6. The van der Waals surface area contributed by atoms with Crippen molar-refractivity contribution in [1.29, 1.82) is 0 Å². The van der Waals surface area contributed by atoms with Gasteiger partial charge < -0.3 is 15.2 Å². The molecule has 1 aliphatic carbocycles. The minimum atomic E-state index is -0.965. The highest BCUT2D eigenvalue weighted by Crippen LogP contribution is 2.29. The Hall–Kier alpha value is -2.12. The van der Waals surface area contributed by atoms with Crippen LogP contribution >= 0.6 is 11.8 Å². The van der Waals surface area contributed by atoms with E-state index >= 15 is 0 Å². The fourth-order valence-electron chi connectivity index (χ4n) is 3.36. The summed E-state index contributed by atoms with van der Waals surface area (Å²) in [5.41, 5.74) is -0.0385. The number of rotatable bonds is 7. The first kappa shape index (κ1) is 20.6. The Morgan fingerprint density at radius 2 is 2.14 bits per heavy atom. The van der Waals surface area contributed by atoms with Crippen molar-refractivity contribution in [3.8, 4) is 11.6 Å². The molecule has 0 aliphatic heterocycles. The Morgan fingerprint density at radius 3 is 2.89 bits per heavy atom. The van der Waals surface area contributed by atoms with Crippen LogP contribution in [0.25, 0.3) is 0 Å². The first-order valence-electron chi connectivity index (χ1n) is 9.62. The lowest BCUT2D eigenvalue weighted by Crippen LogP contribution is -2.41. The third-order valence-corrected chi connectivity index (χ3v) is 5.64. The van der Waals surface area contributed by atoms with Gasteiger partial charge in [0.15, 0.2) is 0 Å². The molecule has 1 heterocycles. The maximum atomic E-state index is 13.7. The minimum absolute atomic E-state index is 0.00777. The summed E-state index contributed by atoms with van der Waals surface area (Å²) in [4.78, 5) is 17.6. The third-order valence-electron chi connectivity index (χ3n) is 4.77. The number of ether oxygens (including phenoxy) is 1. The lowest BCUT2D eigenvalue weighted by molar-refractivity contribution is 0.0462. The third kappa shape index (κ3) is 5.45. The van der Waals surface area contributed by atoms with Crippen LogP contribution in [0.4, 0.5) is 4.39 Å². The molecule has 1 unspecified atom stereocenters. The van der Waals surface area contributed by atoms with Crippen molar-refractivity contribution in [2.45, 2.75) is 50.2 Å². The molecule has 7 heteroatoms. The number of halogens is 1. The largest absolute Gasteiger partial charge is 0.438 e. The Labute approximate surface area is 168 Å². The summed E-state index contributed by atoms with van der Waals surface area (Å²) in [6, 6.07) is 8.49. The van der Waals surface area contributed by atoms with Crippen molar-refractivity contribution < 1.29 is 19.0 Å². The molecule has 1 aliphatic rings. The quantitative estimate of drug-likeness (QED) is 0.515. The van der Waals surface area contributed by atoms with E-state index in [4.69, 9.17) is 4.74 Å². The Balaban J connectivity index is 1.76. The number of benzene rings is 1. The monoisotopic (exact) mass is 404 g/mol. The smallest absolute Gasteiger partial charge is 0.258 e. The number of pyridine rings is 1. The molecule has 0 saturated heterocycles. The Bertz CT molecular complexity index is 812. The van der Waals surface area contributed by atoms with Crippen molar-refractivity contribution in [3.05, 3.63) is 47.9 Å². The topological polar surface area (TPSA) is 71.5 Å². The Kier molecular flexibility index (Phi) is 7.28. The van der Waals surface area contributed by atoms with Crippen LogP contribution in [0.2, 0.25) is 0 Å². The molecule has 5 nitrogen and oxygen atoms in total. The van der Waals surface area contributed by atoms with Crippen molar-refractivity contribution in [2.75, 3.05) is 5.75 Å². The zero-order chi connectivity index (χ0) is 19.9. The maximum absolute atomic E-state index is 13.7. The van der Waals surface area contributed by atoms with Crippen molar-refractivity contribution >= 4 is 17.7 Å². The van der Waals surface area contributed by atoms with Gasteiger partial charge in [-0.05, 0) is 42.9 Å². The molecule has 1 amide bonds. The second-order valence-electron chi connectivity index (χ2n) is 6.83. The van der Waals surface area contributed by atoms with Crippen molar-refractivity contribution in [3.63, 3.8) is 0 Å². The number of nitrogens with zero attached hydrogens (tertiary/aromatic N) is 1. The summed E-state index contributed by atoms with van der Waals surface area (Å²) >= 11 is 1.66. The molecule has 1 aromatic heterocycles. The zero-order valence-electron chi connectivity index (χ0n) is 15.9. The van der Waals surface area contributed by atoms with E-state index in [9.17, 15) is 14.3 Å². The van der Waals surface area contributed by atoms with E-state index in [1.54, 1.807) is 17.8 Å². The average Bonchev–Trinajstić information content (AvgIpc) is 2.70. The molecule has 2 N–H and O–H groups in total. The number of thioether (sulfide) groups is 1. The van der Waals surface area contributed by atoms with Crippen molar-refractivity contribution in [2.24, 2.45) is 5.92 Å². The molecule has 1 saturated carbocycles. The van der Waals surface area contributed by atoms with Gasteiger partial charge in [0.1, 0.15) is 23.4 Å². The normalized spacial score (nSPS) is 15.8.